The summed E-state index contributed by atoms with van der Waals surface area (Å²) in [5, 5.41) is 8.95. The van der Waals surface area contributed by atoms with Crippen LogP contribution >= 0.6 is 0 Å². The third kappa shape index (κ3) is 5.88. The number of carboxylic acid groups (broad SMARTS) is 1. The monoisotopic (exact) mass is 393 g/mol. The van der Waals surface area contributed by atoms with E-state index in [2.05, 4.69) is 4.98 Å². The first-order valence-electron chi connectivity index (χ1n) is 9.72. The normalized spacial score (nSPS) is 11.8. The van der Waals surface area contributed by atoms with Crippen LogP contribution in [0.1, 0.15) is 26.2 Å². The van der Waals surface area contributed by atoms with Gasteiger partial charge in [0, 0.05) is 11.6 Å². The van der Waals surface area contributed by atoms with Gasteiger partial charge in [0.2, 0.25) is 5.88 Å². The fourth-order valence-electron chi connectivity index (χ4n) is 3.00. The van der Waals surface area contributed by atoms with Crippen molar-refractivity contribution in [2.75, 3.05) is 6.61 Å². The summed E-state index contributed by atoms with van der Waals surface area (Å²) in [5.74, 6) is -0.901. The molecular formula is C24H24FNO3. The molecule has 29 heavy (non-hydrogen) atoms. The number of ether oxygens (including phenoxy) is 1. The van der Waals surface area contributed by atoms with Crippen molar-refractivity contribution < 1.29 is 19.0 Å². The van der Waals surface area contributed by atoms with E-state index in [1.54, 1.807) is 19.1 Å². The number of aliphatic carboxylic acids is 1. The second kappa shape index (κ2) is 9.82. The maximum absolute atomic E-state index is 13.3. The minimum Gasteiger partial charge on any atom is -0.481 e. The molecule has 3 aromatic rings. The van der Waals surface area contributed by atoms with Crippen molar-refractivity contribution >= 4 is 5.97 Å². The van der Waals surface area contributed by atoms with Gasteiger partial charge >= 0.3 is 5.97 Å². The fourth-order valence-corrected chi connectivity index (χ4v) is 3.00. The number of benzene rings is 2. The molecule has 0 amide bonds. The summed E-state index contributed by atoms with van der Waals surface area (Å²) >= 11 is 0. The first-order valence-corrected chi connectivity index (χ1v) is 9.72. The zero-order valence-corrected chi connectivity index (χ0v) is 16.3. The second-order valence-corrected chi connectivity index (χ2v) is 7.04. The van der Waals surface area contributed by atoms with Gasteiger partial charge in [0.1, 0.15) is 5.82 Å². The number of pyridine rings is 1. The van der Waals surface area contributed by atoms with Crippen molar-refractivity contribution in [2.45, 2.75) is 26.2 Å². The van der Waals surface area contributed by atoms with Gasteiger partial charge in [-0.2, -0.15) is 0 Å². The number of carbonyl (C=O) groups is 1. The molecule has 5 heteroatoms. The molecule has 1 unspecified atom stereocenters. The third-order valence-corrected chi connectivity index (χ3v) is 4.75. The minimum absolute atomic E-state index is 0.279. The lowest BCUT2D eigenvalue weighted by Gasteiger charge is -2.11. The van der Waals surface area contributed by atoms with Crippen molar-refractivity contribution in [3.05, 3.63) is 72.5 Å². The van der Waals surface area contributed by atoms with E-state index < -0.39 is 5.97 Å². The Hall–Kier alpha value is -3.21. The molecule has 4 nitrogen and oxygen atoms in total. The summed E-state index contributed by atoms with van der Waals surface area (Å²) in [5.41, 5.74) is 3.53. The summed E-state index contributed by atoms with van der Waals surface area (Å²) < 4.78 is 19.2. The largest absolute Gasteiger partial charge is 0.481 e. The van der Waals surface area contributed by atoms with E-state index in [-0.39, 0.29) is 11.7 Å². The van der Waals surface area contributed by atoms with Crippen LogP contribution in [0.2, 0.25) is 0 Å². The lowest BCUT2D eigenvalue weighted by atomic mass is 10.0. The van der Waals surface area contributed by atoms with Crippen LogP contribution in [0.15, 0.2) is 66.7 Å². The Labute approximate surface area is 170 Å². The Morgan fingerprint density at radius 3 is 2.41 bits per heavy atom. The summed E-state index contributed by atoms with van der Waals surface area (Å²) in [4.78, 5) is 15.5. The molecule has 2 aromatic carbocycles. The van der Waals surface area contributed by atoms with Gasteiger partial charge in [0.15, 0.2) is 0 Å². The quantitative estimate of drug-likeness (QED) is 0.465. The Bertz CT molecular complexity index is 942. The maximum atomic E-state index is 13.3. The van der Waals surface area contributed by atoms with E-state index in [4.69, 9.17) is 9.84 Å². The molecule has 150 valence electrons. The van der Waals surface area contributed by atoms with Crippen molar-refractivity contribution in [3.8, 4) is 28.3 Å². The van der Waals surface area contributed by atoms with E-state index in [0.29, 0.717) is 18.9 Å². The van der Waals surface area contributed by atoms with Gasteiger partial charge in [0.25, 0.3) is 0 Å². The molecule has 0 fully saturated rings. The Morgan fingerprint density at radius 1 is 1.00 bits per heavy atom. The molecule has 3 rings (SSSR count). The van der Waals surface area contributed by atoms with E-state index >= 15 is 0 Å². The van der Waals surface area contributed by atoms with E-state index in [9.17, 15) is 9.18 Å². The summed E-state index contributed by atoms with van der Waals surface area (Å²) in [6.45, 7) is 2.17. The predicted octanol–water partition coefficient (Wildman–Crippen LogP) is 5.82. The molecule has 1 atom stereocenters. The van der Waals surface area contributed by atoms with Crippen LogP contribution in [0.3, 0.4) is 0 Å². The zero-order valence-electron chi connectivity index (χ0n) is 16.3. The SMILES string of the molecule is CC(CCCCOc1cc(-c2ccc(F)cc2)cc(-c2ccccc2)n1)C(=O)O. The summed E-state index contributed by atoms with van der Waals surface area (Å²) in [6.07, 6.45) is 2.15. The first kappa shape index (κ1) is 20.5. The van der Waals surface area contributed by atoms with Gasteiger partial charge in [-0.1, -0.05) is 49.4 Å². The predicted molar refractivity (Wildman–Crippen MR) is 111 cm³/mol. The highest BCUT2D eigenvalue weighted by Gasteiger charge is 2.11. The van der Waals surface area contributed by atoms with Crippen LogP contribution in [0, 0.1) is 11.7 Å². The molecule has 0 saturated heterocycles. The fraction of sp³-hybridized carbons (Fsp3) is 0.250. The van der Waals surface area contributed by atoms with Gasteiger partial charge in [-0.3, -0.25) is 4.79 Å². The number of carboxylic acids is 1. The van der Waals surface area contributed by atoms with Gasteiger partial charge in [0.05, 0.1) is 18.2 Å². The van der Waals surface area contributed by atoms with E-state index in [1.807, 2.05) is 42.5 Å². The van der Waals surface area contributed by atoms with Crippen LogP contribution in [0.25, 0.3) is 22.4 Å². The zero-order chi connectivity index (χ0) is 20.6. The van der Waals surface area contributed by atoms with Crippen LogP contribution < -0.4 is 4.74 Å². The number of halogens is 1. The standard InChI is InChI=1S/C24H24FNO3/c1-17(24(27)28)7-5-6-14-29-23-16-20(18-10-12-21(25)13-11-18)15-22(26-23)19-8-3-2-4-9-19/h2-4,8-13,15-17H,5-7,14H2,1H3,(H,27,28). The Kier molecular flexibility index (Phi) is 6.95. The molecule has 1 N–H and O–H groups in total. The Balaban J connectivity index is 1.76. The number of hydrogen-bond donors (Lipinski definition) is 1. The maximum Gasteiger partial charge on any atom is 0.306 e. The van der Waals surface area contributed by atoms with Crippen LogP contribution in [-0.4, -0.2) is 22.7 Å². The highest BCUT2D eigenvalue weighted by molar-refractivity contribution is 5.71. The number of hydrogen-bond acceptors (Lipinski definition) is 3. The number of unbranched alkanes of at least 4 members (excludes halogenated alkanes) is 1. The van der Waals surface area contributed by atoms with E-state index in [0.717, 1.165) is 35.2 Å². The van der Waals surface area contributed by atoms with E-state index in [1.165, 1.54) is 12.1 Å². The van der Waals surface area contributed by atoms with Crippen LogP contribution in [-0.2, 0) is 4.79 Å². The molecule has 0 aliphatic heterocycles. The molecular weight excluding hydrogens is 369 g/mol. The number of nitrogens with zero attached hydrogens (tertiary/aromatic N) is 1. The third-order valence-electron chi connectivity index (χ3n) is 4.75. The average molecular weight is 393 g/mol. The topological polar surface area (TPSA) is 59.4 Å². The molecule has 0 aliphatic rings. The highest BCUT2D eigenvalue weighted by atomic mass is 19.1. The summed E-state index contributed by atoms with van der Waals surface area (Å²) in [7, 11) is 0. The second-order valence-electron chi connectivity index (χ2n) is 7.04. The molecule has 0 saturated carbocycles. The van der Waals surface area contributed by atoms with Crippen molar-refractivity contribution in [1.29, 1.82) is 0 Å². The van der Waals surface area contributed by atoms with Gasteiger partial charge in [-0.05, 0) is 48.6 Å². The smallest absolute Gasteiger partial charge is 0.306 e. The van der Waals surface area contributed by atoms with Gasteiger partial charge < -0.3 is 9.84 Å². The van der Waals surface area contributed by atoms with Crippen molar-refractivity contribution in [3.63, 3.8) is 0 Å². The van der Waals surface area contributed by atoms with Crippen molar-refractivity contribution in [2.24, 2.45) is 5.92 Å². The molecule has 1 aromatic heterocycles. The number of rotatable bonds is 9. The van der Waals surface area contributed by atoms with Crippen LogP contribution in [0.4, 0.5) is 4.39 Å². The lowest BCUT2D eigenvalue weighted by Crippen LogP contribution is -2.09. The Morgan fingerprint density at radius 2 is 1.72 bits per heavy atom. The van der Waals surface area contributed by atoms with Crippen molar-refractivity contribution in [1.82, 2.24) is 4.98 Å². The minimum atomic E-state index is -0.771. The first-order chi connectivity index (χ1) is 14.0. The average Bonchev–Trinajstić information content (AvgIpc) is 2.74. The molecule has 0 radical (unpaired) electrons. The van der Waals surface area contributed by atoms with Crippen LogP contribution in [0.5, 0.6) is 5.88 Å². The highest BCUT2D eigenvalue weighted by Crippen LogP contribution is 2.29. The molecule has 0 spiro atoms. The van der Waals surface area contributed by atoms with Gasteiger partial charge in [-0.25, -0.2) is 9.37 Å². The van der Waals surface area contributed by atoms with Gasteiger partial charge in [-0.15, -0.1) is 0 Å². The number of aromatic nitrogens is 1. The molecule has 0 bridgehead atoms. The molecule has 0 aliphatic carbocycles. The molecule has 1 heterocycles. The lowest BCUT2D eigenvalue weighted by molar-refractivity contribution is -0.141. The summed E-state index contributed by atoms with van der Waals surface area (Å²) in [6, 6.07) is 19.9.